The monoisotopic (exact) mass is 239 g/mol. The molecule has 16 heavy (non-hydrogen) atoms. The molecule has 1 aromatic rings. The summed E-state index contributed by atoms with van der Waals surface area (Å²) >= 11 is 0. The van der Waals surface area contributed by atoms with Gasteiger partial charge in [-0.2, -0.15) is 0 Å². The van der Waals surface area contributed by atoms with E-state index in [9.17, 15) is 18.3 Å². The van der Waals surface area contributed by atoms with Gasteiger partial charge in [0.1, 0.15) is 0 Å². The van der Waals surface area contributed by atoms with E-state index in [2.05, 4.69) is 0 Å². The molecule has 0 aliphatic carbocycles. The third kappa shape index (κ3) is 3.20. The summed E-state index contributed by atoms with van der Waals surface area (Å²) in [5.74, 6) is -1.24. The Morgan fingerprint density at radius 2 is 1.75 bits per heavy atom. The Morgan fingerprint density at radius 1 is 1.25 bits per heavy atom. The molecule has 0 N–H and O–H groups in total. The van der Waals surface area contributed by atoms with Crippen LogP contribution in [-0.4, -0.2) is 20.6 Å². The minimum Gasteiger partial charge on any atom is -0.545 e. The van der Waals surface area contributed by atoms with Gasteiger partial charge < -0.3 is 9.90 Å². The molecule has 1 rings (SSSR count). The maximum atomic E-state index is 11.2. The Hall–Kier alpha value is -1.62. The van der Waals surface area contributed by atoms with Crippen molar-refractivity contribution in [2.24, 2.45) is 0 Å². The van der Waals surface area contributed by atoms with E-state index in [-0.39, 0.29) is 10.5 Å². The van der Waals surface area contributed by atoms with Crippen molar-refractivity contribution < 1.29 is 18.3 Å². The van der Waals surface area contributed by atoms with Crippen molar-refractivity contribution in [2.75, 3.05) is 6.26 Å². The Balaban J connectivity index is 3.06. The number of carbonyl (C=O) groups excluding carboxylic acids is 1. The van der Waals surface area contributed by atoms with E-state index in [1.54, 1.807) is 12.1 Å². The number of rotatable bonds is 3. The zero-order valence-corrected chi connectivity index (χ0v) is 9.74. The number of benzene rings is 1. The molecule has 0 aromatic heterocycles. The van der Waals surface area contributed by atoms with Crippen LogP contribution in [-0.2, 0) is 14.6 Å². The van der Waals surface area contributed by atoms with Crippen molar-refractivity contribution >= 4 is 21.9 Å². The largest absolute Gasteiger partial charge is 0.545 e. The van der Waals surface area contributed by atoms with Gasteiger partial charge in [0.15, 0.2) is 9.84 Å². The normalized spacial score (nSPS) is 12.5. The predicted octanol–water partition coefficient (Wildman–Crippen LogP) is 0.243. The summed E-state index contributed by atoms with van der Waals surface area (Å²) in [6.07, 6.45) is 2.53. The van der Waals surface area contributed by atoms with Crippen molar-refractivity contribution in [3.05, 3.63) is 35.4 Å². The van der Waals surface area contributed by atoms with Gasteiger partial charge in [0.25, 0.3) is 0 Å². The molecule has 1 aromatic carbocycles. The maximum absolute atomic E-state index is 11.2. The lowest BCUT2D eigenvalue weighted by Crippen LogP contribution is -2.22. The van der Waals surface area contributed by atoms with Crippen LogP contribution in [0.2, 0.25) is 0 Å². The summed E-state index contributed by atoms with van der Waals surface area (Å²) in [4.78, 5) is 10.7. The van der Waals surface area contributed by atoms with E-state index in [0.717, 1.165) is 6.26 Å². The molecule has 0 atom stereocenters. The molecular formula is C11H11O4S-. The highest BCUT2D eigenvalue weighted by atomic mass is 32.2. The van der Waals surface area contributed by atoms with Crippen molar-refractivity contribution in [3.63, 3.8) is 0 Å². The zero-order chi connectivity index (χ0) is 12.3. The second kappa shape index (κ2) is 4.49. The first-order valence-corrected chi connectivity index (χ1v) is 6.39. The van der Waals surface area contributed by atoms with Crippen LogP contribution >= 0.6 is 0 Å². The van der Waals surface area contributed by atoms with Crippen LogP contribution in [0.15, 0.2) is 34.7 Å². The van der Waals surface area contributed by atoms with Crippen LogP contribution in [0.1, 0.15) is 12.5 Å². The predicted molar refractivity (Wildman–Crippen MR) is 58.2 cm³/mol. The lowest BCUT2D eigenvalue weighted by molar-refractivity contribution is -0.299. The van der Waals surface area contributed by atoms with Crippen molar-refractivity contribution in [3.8, 4) is 0 Å². The van der Waals surface area contributed by atoms with Gasteiger partial charge in [-0.3, -0.25) is 0 Å². The van der Waals surface area contributed by atoms with Gasteiger partial charge in [0, 0.05) is 6.26 Å². The third-order valence-corrected chi connectivity index (χ3v) is 3.14. The molecular weight excluding hydrogens is 228 g/mol. The van der Waals surface area contributed by atoms with Gasteiger partial charge in [-0.25, -0.2) is 8.42 Å². The van der Waals surface area contributed by atoms with Crippen LogP contribution in [0.5, 0.6) is 0 Å². The van der Waals surface area contributed by atoms with Gasteiger partial charge in [-0.1, -0.05) is 18.2 Å². The minimum atomic E-state index is -3.21. The van der Waals surface area contributed by atoms with Crippen LogP contribution in [0.25, 0.3) is 6.08 Å². The summed E-state index contributed by atoms with van der Waals surface area (Å²) in [5, 5.41) is 10.5. The van der Waals surface area contributed by atoms with Crippen molar-refractivity contribution in [1.29, 1.82) is 0 Å². The molecule has 0 amide bonds. The zero-order valence-electron chi connectivity index (χ0n) is 8.93. The Bertz CT molecular complexity index is 524. The summed E-state index contributed by atoms with van der Waals surface area (Å²) in [7, 11) is -3.21. The fourth-order valence-corrected chi connectivity index (χ4v) is 1.75. The Labute approximate surface area is 94.1 Å². The van der Waals surface area contributed by atoms with Crippen molar-refractivity contribution in [1.82, 2.24) is 0 Å². The highest BCUT2D eigenvalue weighted by Gasteiger charge is 2.05. The number of sulfone groups is 1. The molecule has 0 spiro atoms. The van der Waals surface area contributed by atoms with E-state index in [0.29, 0.717) is 5.56 Å². The molecule has 0 bridgehead atoms. The lowest BCUT2D eigenvalue weighted by Gasteiger charge is -2.02. The van der Waals surface area contributed by atoms with Gasteiger partial charge in [0.05, 0.1) is 10.9 Å². The molecule has 0 fully saturated rings. The summed E-state index contributed by atoms with van der Waals surface area (Å²) in [5.41, 5.74) is 0.709. The molecule has 0 aliphatic heterocycles. The summed E-state index contributed by atoms with van der Waals surface area (Å²) in [6.45, 7) is 1.42. The fourth-order valence-electron chi connectivity index (χ4n) is 1.12. The minimum absolute atomic E-state index is 0.0899. The average Bonchev–Trinajstić information content (AvgIpc) is 2.17. The Kier molecular flexibility index (Phi) is 3.49. The first-order valence-electron chi connectivity index (χ1n) is 4.50. The second-order valence-electron chi connectivity index (χ2n) is 3.46. The highest BCUT2D eigenvalue weighted by molar-refractivity contribution is 7.90. The molecule has 0 unspecified atom stereocenters. The van der Waals surface area contributed by atoms with Gasteiger partial charge in [-0.05, 0) is 30.2 Å². The molecule has 86 valence electrons. The van der Waals surface area contributed by atoms with Gasteiger partial charge in [0.2, 0.25) is 0 Å². The quantitative estimate of drug-likeness (QED) is 0.708. The van der Waals surface area contributed by atoms with Crippen LogP contribution in [0.3, 0.4) is 0 Å². The van der Waals surface area contributed by atoms with E-state index in [1.807, 2.05) is 0 Å². The topological polar surface area (TPSA) is 74.3 Å². The first-order chi connectivity index (χ1) is 7.30. The molecule has 0 saturated heterocycles. The lowest BCUT2D eigenvalue weighted by atomic mass is 10.1. The number of carboxylic acids is 1. The van der Waals surface area contributed by atoms with Crippen LogP contribution in [0, 0.1) is 0 Å². The number of carboxylic acid groups (broad SMARTS) is 1. The van der Waals surface area contributed by atoms with Gasteiger partial charge >= 0.3 is 0 Å². The molecule has 0 aliphatic rings. The van der Waals surface area contributed by atoms with E-state index >= 15 is 0 Å². The number of carbonyl (C=O) groups is 1. The summed E-state index contributed by atoms with van der Waals surface area (Å²) < 4.78 is 22.3. The SMILES string of the molecule is C/C(=C\c1ccc(S(C)(=O)=O)cc1)C(=O)[O-]. The van der Waals surface area contributed by atoms with E-state index in [1.165, 1.54) is 25.1 Å². The van der Waals surface area contributed by atoms with E-state index in [4.69, 9.17) is 0 Å². The molecule has 5 heteroatoms. The standard InChI is InChI=1S/C11H12O4S/c1-8(11(12)13)7-9-3-5-10(6-4-9)16(2,14)15/h3-7H,1-2H3,(H,12,13)/p-1/b8-7+. The number of aliphatic carboxylic acids is 1. The molecule has 0 heterocycles. The summed E-state index contributed by atoms with van der Waals surface area (Å²) in [6, 6.07) is 5.96. The van der Waals surface area contributed by atoms with Crippen molar-refractivity contribution in [2.45, 2.75) is 11.8 Å². The third-order valence-electron chi connectivity index (χ3n) is 2.01. The van der Waals surface area contributed by atoms with E-state index < -0.39 is 15.8 Å². The van der Waals surface area contributed by atoms with Gasteiger partial charge in [-0.15, -0.1) is 0 Å². The second-order valence-corrected chi connectivity index (χ2v) is 5.47. The Morgan fingerprint density at radius 3 is 2.12 bits per heavy atom. The number of hydrogen-bond donors (Lipinski definition) is 0. The highest BCUT2D eigenvalue weighted by Crippen LogP contribution is 2.12. The molecule has 0 saturated carbocycles. The number of hydrogen-bond acceptors (Lipinski definition) is 4. The van der Waals surface area contributed by atoms with Crippen LogP contribution in [0.4, 0.5) is 0 Å². The maximum Gasteiger partial charge on any atom is 0.175 e. The average molecular weight is 239 g/mol. The van der Waals surface area contributed by atoms with Crippen LogP contribution < -0.4 is 5.11 Å². The first kappa shape index (κ1) is 12.4. The molecule has 4 nitrogen and oxygen atoms in total. The smallest absolute Gasteiger partial charge is 0.175 e. The molecule has 0 radical (unpaired) electrons. The fraction of sp³-hybridized carbons (Fsp3) is 0.182.